The molecule has 1 aliphatic heterocycles. The summed E-state index contributed by atoms with van der Waals surface area (Å²) in [6, 6.07) is 2.90. The maximum absolute atomic E-state index is 4.11. The second-order valence-corrected chi connectivity index (χ2v) is 5.44. The van der Waals surface area contributed by atoms with Crippen LogP contribution in [-0.2, 0) is 13.1 Å². The van der Waals surface area contributed by atoms with E-state index in [4.69, 9.17) is 0 Å². The van der Waals surface area contributed by atoms with Crippen LogP contribution in [0.25, 0.3) is 0 Å². The first-order valence-electron chi connectivity index (χ1n) is 6.13. The van der Waals surface area contributed by atoms with E-state index in [0.29, 0.717) is 6.04 Å². The molecule has 0 aliphatic carbocycles. The Kier molecular flexibility index (Phi) is 3.25. The molecule has 1 atom stereocenters. The largest absolute Gasteiger partial charge is 0.336 e. The summed E-state index contributed by atoms with van der Waals surface area (Å²) in [7, 11) is 0. The van der Waals surface area contributed by atoms with Crippen LogP contribution < -0.4 is 0 Å². The summed E-state index contributed by atoms with van der Waals surface area (Å²) in [4.78, 5) is 6.71. The van der Waals surface area contributed by atoms with E-state index in [-0.39, 0.29) is 0 Å². The average molecular weight is 247 g/mol. The van der Waals surface area contributed by atoms with Gasteiger partial charge >= 0.3 is 0 Å². The summed E-state index contributed by atoms with van der Waals surface area (Å²) in [5.41, 5.74) is 1.45. The van der Waals surface area contributed by atoms with Gasteiger partial charge in [0, 0.05) is 31.5 Å². The molecule has 0 spiro atoms. The number of thiophene rings is 1. The van der Waals surface area contributed by atoms with Crippen molar-refractivity contribution < 1.29 is 0 Å². The lowest BCUT2D eigenvalue weighted by Gasteiger charge is -2.24. The molecule has 3 rings (SSSR count). The maximum Gasteiger partial charge on any atom is 0.0946 e. The summed E-state index contributed by atoms with van der Waals surface area (Å²) in [6.45, 7) is 3.40. The Morgan fingerprint density at radius 2 is 2.47 bits per heavy atom. The van der Waals surface area contributed by atoms with Crippen molar-refractivity contribution in [2.45, 2.75) is 32.0 Å². The van der Waals surface area contributed by atoms with Gasteiger partial charge in [0.2, 0.25) is 0 Å². The number of hydrogen-bond acceptors (Lipinski definition) is 3. The van der Waals surface area contributed by atoms with Gasteiger partial charge in [0.15, 0.2) is 0 Å². The zero-order valence-electron chi connectivity index (χ0n) is 9.83. The van der Waals surface area contributed by atoms with Crippen molar-refractivity contribution in [1.82, 2.24) is 14.5 Å². The average Bonchev–Trinajstić information content (AvgIpc) is 3.04. The molecule has 1 aliphatic rings. The van der Waals surface area contributed by atoms with Crippen LogP contribution >= 0.6 is 11.3 Å². The van der Waals surface area contributed by atoms with Crippen molar-refractivity contribution in [1.29, 1.82) is 0 Å². The topological polar surface area (TPSA) is 21.1 Å². The molecular formula is C13H17N3S. The van der Waals surface area contributed by atoms with E-state index in [1.54, 1.807) is 11.3 Å². The van der Waals surface area contributed by atoms with Crippen molar-refractivity contribution in [2.24, 2.45) is 0 Å². The van der Waals surface area contributed by atoms with Gasteiger partial charge in [0.25, 0.3) is 0 Å². The highest BCUT2D eigenvalue weighted by molar-refractivity contribution is 7.07. The molecular weight excluding hydrogens is 230 g/mol. The molecule has 17 heavy (non-hydrogen) atoms. The van der Waals surface area contributed by atoms with Crippen molar-refractivity contribution in [3.63, 3.8) is 0 Å². The Bertz CT molecular complexity index is 393. The molecule has 0 amide bonds. The Morgan fingerprint density at radius 1 is 1.47 bits per heavy atom. The van der Waals surface area contributed by atoms with Crippen LogP contribution in [0.2, 0.25) is 0 Å². The first-order chi connectivity index (χ1) is 8.42. The summed E-state index contributed by atoms with van der Waals surface area (Å²) >= 11 is 1.79. The second kappa shape index (κ2) is 5.02. The first kappa shape index (κ1) is 11.0. The minimum Gasteiger partial charge on any atom is -0.336 e. The smallest absolute Gasteiger partial charge is 0.0946 e. The van der Waals surface area contributed by atoms with Gasteiger partial charge in [-0.1, -0.05) is 0 Å². The van der Waals surface area contributed by atoms with Crippen LogP contribution in [0.1, 0.15) is 18.4 Å². The lowest BCUT2D eigenvalue weighted by Crippen LogP contribution is -2.32. The van der Waals surface area contributed by atoms with Crippen LogP contribution in [0, 0.1) is 0 Å². The molecule has 3 nitrogen and oxygen atoms in total. The summed E-state index contributed by atoms with van der Waals surface area (Å²) < 4.78 is 2.19. The molecule has 3 heterocycles. The van der Waals surface area contributed by atoms with Gasteiger partial charge in [-0.3, -0.25) is 4.90 Å². The quantitative estimate of drug-likeness (QED) is 0.828. The predicted octanol–water partition coefficient (Wildman–Crippen LogP) is 2.61. The maximum atomic E-state index is 4.11. The van der Waals surface area contributed by atoms with Gasteiger partial charge in [-0.2, -0.15) is 11.3 Å². The molecule has 2 aromatic rings. The van der Waals surface area contributed by atoms with E-state index >= 15 is 0 Å². The predicted molar refractivity (Wildman–Crippen MR) is 70.0 cm³/mol. The summed E-state index contributed by atoms with van der Waals surface area (Å²) in [5, 5.41) is 4.42. The zero-order valence-corrected chi connectivity index (χ0v) is 10.6. The van der Waals surface area contributed by atoms with E-state index in [9.17, 15) is 0 Å². The van der Waals surface area contributed by atoms with Gasteiger partial charge in [0.05, 0.1) is 6.33 Å². The fraction of sp³-hybridized carbons (Fsp3) is 0.462. The number of aromatic nitrogens is 2. The SMILES string of the molecule is c1cn(C[C@@H]2CCCN2Cc2ccsc2)cn1. The van der Waals surface area contributed by atoms with Crippen LogP contribution in [0.4, 0.5) is 0 Å². The molecule has 0 unspecified atom stereocenters. The molecule has 2 aromatic heterocycles. The molecule has 0 radical (unpaired) electrons. The highest BCUT2D eigenvalue weighted by atomic mass is 32.1. The van der Waals surface area contributed by atoms with E-state index in [2.05, 4.69) is 37.5 Å². The van der Waals surface area contributed by atoms with Gasteiger partial charge in [-0.25, -0.2) is 4.98 Å². The van der Waals surface area contributed by atoms with Crippen molar-refractivity contribution in [2.75, 3.05) is 6.54 Å². The van der Waals surface area contributed by atoms with Gasteiger partial charge in [0.1, 0.15) is 0 Å². The van der Waals surface area contributed by atoms with Crippen LogP contribution in [-0.4, -0.2) is 27.0 Å². The number of imidazole rings is 1. The lowest BCUT2D eigenvalue weighted by atomic mass is 10.2. The van der Waals surface area contributed by atoms with E-state index in [1.807, 2.05) is 12.5 Å². The van der Waals surface area contributed by atoms with E-state index < -0.39 is 0 Å². The Hall–Kier alpha value is -1.13. The molecule has 0 aromatic carbocycles. The minimum absolute atomic E-state index is 0.670. The van der Waals surface area contributed by atoms with E-state index in [0.717, 1.165) is 13.1 Å². The number of hydrogen-bond donors (Lipinski definition) is 0. The molecule has 0 saturated carbocycles. The number of likely N-dealkylation sites (tertiary alicyclic amines) is 1. The first-order valence-corrected chi connectivity index (χ1v) is 7.07. The lowest BCUT2D eigenvalue weighted by molar-refractivity contribution is 0.224. The Labute approximate surface area is 106 Å². The van der Waals surface area contributed by atoms with Crippen LogP contribution in [0.3, 0.4) is 0 Å². The molecule has 0 N–H and O–H groups in total. The minimum atomic E-state index is 0.670. The van der Waals surface area contributed by atoms with Crippen molar-refractivity contribution in [3.8, 4) is 0 Å². The fourth-order valence-corrected chi connectivity index (χ4v) is 3.23. The molecule has 1 saturated heterocycles. The highest BCUT2D eigenvalue weighted by Crippen LogP contribution is 2.22. The molecule has 4 heteroatoms. The monoisotopic (exact) mass is 247 g/mol. The van der Waals surface area contributed by atoms with Gasteiger partial charge in [-0.05, 0) is 41.8 Å². The van der Waals surface area contributed by atoms with Gasteiger partial charge in [-0.15, -0.1) is 0 Å². The number of rotatable bonds is 4. The highest BCUT2D eigenvalue weighted by Gasteiger charge is 2.24. The molecule has 1 fully saturated rings. The van der Waals surface area contributed by atoms with Crippen LogP contribution in [0.15, 0.2) is 35.5 Å². The van der Waals surface area contributed by atoms with Gasteiger partial charge < -0.3 is 4.57 Å². The standard InChI is InChI=1S/C13H17N3S/c1-2-13(9-15-6-4-14-11-15)16(5-1)8-12-3-7-17-10-12/h3-4,6-7,10-11,13H,1-2,5,8-9H2/t13-/m0/s1. The van der Waals surface area contributed by atoms with Crippen LogP contribution in [0.5, 0.6) is 0 Å². The third kappa shape index (κ3) is 2.58. The molecule has 0 bridgehead atoms. The third-order valence-corrected chi connectivity index (χ3v) is 4.18. The summed E-state index contributed by atoms with van der Waals surface area (Å²) in [6.07, 6.45) is 8.46. The number of nitrogens with zero attached hydrogens (tertiary/aromatic N) is 3. The Morgan fingerprint density at radius 3 is 3.24 bits per heavy atom. The zero-order chi connectivity index (χ0) is 11.5. The fourth-order valence-electron chi connectivity index (χ4n) is 2.57. The summed E-state index contributed by atoms with van der Waals surface area (Å²) in [5.74, 6) is 0. The normalized spacial score (nSPS) is 21.1. The van der Waals surface area contributed by atoms with Crippen molar-refractivity contribution >= 4 is 11.3 Å². The Balaban J connectivity index is 1.63. The van der Waals surface area contributed by atoms with E-state index in [1.165, 1.54) is 24.9 Å². The molecule has 90 valence electrons. The third-order valence-electron chi connectivity index (χ3n) is 3.45. The van der Waals surface area contributed by atoms with Crippen molar-refractivity contribution in [3.05, 3.63) is 41.1 Å². The second-order valence-electron chi connectivity index (χ2n) is 4.66.